The number of esters is 2. The monoisotopic (exact) mass is 412 g/mol. The molecular weight excluding hydrogens is 409 g/mol. The second-order valence-corrected chi connectivity index (χ2v) is 6.03. The van der Waals surface area contributed by atoms with Gasteiger partial charge >= 0.3 is 11.9 Å². The lowest BCUT2D eigenvalue weighted by Crippen LogP contribution is -1.96. The molecule has 2 aromatic rings. The van der Waals surface area contributed by atoms with Crippen LogP contribution in [0.3, 0.4) is 0 Å². The van der Waals surface area contributed by atoms with E-state index in [4.69, 9.17) is 58.0 Å². The van der Waals surface area contributed by atoms with Gasteiger partial charge in [0.05, 0.1) is 26.2 Å². The molecule has 1 aliphatic heterocycles. The van der Waals surface area contributed by atoms with E-state index in [9.17, 15) is 14.7 Å². The van der Waals surface area contributed by atoms with Crippen molar-refractivity contribution in [1.82, 2.24) is 0 Å². The van der Waals surface area contributed by atoms with E-state index in [2.05, 4.69) is 4.74 Å². The first kappa shape index (κ1) is 18.2. The summed E-state index contributed by atoms with van der Waals surface area (Å²) in [5, 5.41) is 9.01. The maximum Gasteiger partial charge on any atom is 0.346 e. The van der Waals surface area contributed by atoms with Crippen LogP contribution in [0.5, 0.6) is 5.75 Å². The SMILES string of the molecule is O=C1OC(=O)c2ccccc21.Oc1c(Cl)c(Cl)c(Cl)c(Cl)c1Cl. The number of hydrogen-bond donors (Lipinski definition) is 1. The van der Waals surface area contributed by atoms with Gasteiger partial charge in [0.2, 0.25) is 0 Å². The van der Waals surface area contributed by atoms with Gasteiger partial charge in [0.1, 0.15) is 10.0 Å². The van der Waals surface area contributed by atoms with Gasteiger partial charge in [0.15, 0.2) is 5.75 Å². The normalized spacial score (nSPS) is 12.4. The molecule has 1 aliphatic rings. The number of carbonyl (C=O) groups is 2. The minimum Gasteiger partial charge on any atom is -0.505 e. The minimum atomic E-state index is -0.550. The third kappa shape index (κ3) is 3.52. The molecule has 0 unspecified atom stereocenters. The fraction of sp³-hybridized carbons (Fsp3) is 0. The zero-order valence-electron chi connectivity index (χ0n) is 10.9. The van der Waals surface area contributed by atoms with Gasteiger partial charge in [-0.2, -0.15) is 0 Å². The van der Waals surface area contributed by atoms with Crippen molar-refractivity contribution in [1.29, 1.82) is 0 Å². The van der Waals surface area contributed by atoms with Gasteiger partial charge in [-0.3, -0.25) is 0 Å². The van der Waals surface area contributed by atoms with Gasteiger partial charge in [-0.15, -0.1) is 0 Å². The van der Waals surface area contributed by atoms with E-state index in [-0.39, 0.29) is 30.9 Å². The highest BCUT2D eigenvalue weighted by Gasteiger charge is 2.28. The lowest BCUT2D eigenvalue weighted by Gasteiger charge is -2.06. The summed E-state index contributed by atoms with van der Waals surface area (Å²) < 4.78 is 4.35. The van der Waals surface area contributed by atoms with Gasteiger partial charge in [0.25, 0.3) is 0 Å². The molecule has 0 amide bonds. The molecule has 0 radical (unpaired) electrons. The largest absolute Gasteiger partial charge is 0.505 e. The van der Waals surface area contributed by atoms with Crippen LogP contribution in [-0.4, -0.2) is 17.0 Å². The van der Waals surface area contributed by atoms with Crippen molar-refractivity contribution in [2.24, 2.45) is 0 Å². The molecule has 3 rings (SSSR count). The van der Waals surface area contributed by atoms with E-state index in [0.29, 0.717) is 11.1 Å². The molecule has 0 aliphatic carbocycles. The first-order chi connectivity index (χ1) is 10.8. The number of ether oxygens (including phenoxy) is 1. The van der Waals surface area contributed by atoms with Crippen LogP contribution in [0.15, 0.2) is 24.3 Å². The molecule has 0 spiro atoms. The van der Waals surface area contributed by atoms with Gasteiger partial charge < -0.3 is 9.84 Å². The molecule has 0 saturated carbocycles. The summed E-state index contributed by atoms with van der Waals surface area (Å²) in [5.74, 6) is -1.46. The molecule has 0 fully saturated rings. The summed E-state index contributed by atoms with van der Waals surface area (Å²) in [5.41, 5.74) is 0.718. The number of phenolic OH excluding ortho intramolecular Hbond substituents is 1. The van der Waals surface area contributed by atoms with E-state index in [1.54, 1.807) is 24.3 Å². The molecule has 120 valence electrons. The molecule has 0 aromatic heterocycles. The van der Waals surface area contributed by atoms with Gasteiger partial charge in [-0.05, 0) is 12.1 Å². The fourth-order valence-corrected chi connectivity index (χ4v) is 2.75. The lowest BCUT2D eigenvalue weighted by atomic mass is 10.1. The Morgan fingerprint density at radius 1 is 0.696 bits per heavy atom. The third-order valence-corrected chi connectivity index (χ3v) is 5.00. The van der Waals surface area contributed by atoms with Crippen LogP contribution >= 0.6 is 58.0 Å². The second-order valence-electron chi connectivity index (χ2n) is 4.14. The van der Waals surface area contributed by atoms with E-state index in [0.717, 1.165) is 0 Å². The van der Waals surface area contributed by atoms with Crippen LogP contribution in [0.1, 0.15) is 20.7 Å². The van der Waals surface area contributed by atoms with Crippen LogP contribution in [0.4, 0.5) is 0 Å². The number of fused-ring (bicyclic) bond motifs is 1. The summed E-state index contributed by atoms with van der Waals surface area (Å²) in [6.07, 6.45) is 0. The lowest BCUT2D eigenvalue weighted by molar-refractivity contribution is 0.0444. The van der Waals surface area contributed by atoms with Crippen LogP contribution < -0.4 is 0 Å². The third-order valence-electron chi connectivity index (χ3n) is 2.74. The number of rotatable bonds is 0. The molecular formula is C14H5Cl5O4. The Hall–Kier alpha value is -1.17. The van der Waals surface area contributed by atoms with Crippen molar-refractivity contribution in [3.05, 3.63) is 60.5 Å². The van der Waals surface area contributed by atoms with Crippen molar-refractivity contribution < 1.29 is 19.4 Å². The van der Waals surface area contributed by atoms with Crippen molar-refractivity contribution in [2.75, 3.05) is 0 Å². The Labute approximate surface area is 155 Å². The van der Waals surface area contributed by atoms with Crippen LogP contribution in [-0.2, 0) is 4.74 Å². The zero-order valence-corrected chi connectivity index (χ0v) is 14.7. The van der Waals surface area contributed by atoms with E-state index in [1.807, 2.05) is 0 Å². The predicted molar refractivity (Wildman–Crippen MR) is 89.3 cm³/mol. The molecule has 2 aromatic carbocycles. The number of aromatic hydroxyl groups is 1. The summed E-state index contributed by atoms with van der Waals surface area (Å²) in [4.78, 5) is 21.7. The Bertz CT molecular complexity index is 681. The first-order valence-corrected chi connectivity index (χ1v) is 7.70. The van der Waals surface area contributed by atoms with Gasteiger partial charge in [0, 0.05) is 0 Å². The molecule has 1 N–H and O–H groups in total. The molecule has 0 atom stereocenters. The number of hydrogen-bond acceptors (Lipinski definition) is 4. The minimum absolute atomic E-state index is 0.00904. The van der Waals surface area contributed by atoms with Gasteiger partial charge in [-0.25, -0.2) is 9.59 Å². The Morgan fingerprint density at radius 3 is 1.43 bits per heavy atom. The summed E-state index contributed by atoms with van der Waals surface area (Å²) in [6.45, 7) is 0. The molecule has 0 saturated heterocycles. The summed E-state index contributed by atoms with van der Waals surface area (Å²) in [6, 6.07) is 6.53. The standard InChI is InChI=1S/C8H4O3.C6HCl5O/c9-7-5-3-1-2-4-6(5)8(10)11-7;7-1-2(8)4(10)6(12)5(11)3(1)9/h1-4H;12H. The average molecular weight is 414 g/mol. The quantitative estimate of drug-likeness (QED) is 0.262. The van der Waals surface area contributed by atoms with Crippen molar-refractivity contribution in [3.63, 3.8) is 0 Å². The van der Waals surface area contributed by atoms with E-state index in [1.165, 1.54) is 0 Å². The van der Waals surface area contributed by atoms with Crippen molar-refractivity contribution >= 4 is 69.9 Å². The maximum absolute atomic E-state index is 10.8. The summed E-state index contributed by atoms with van der Waals surface area (Å²) >= 11 is 27.9. The molecule has 1 heterocycles. The van der Waals surface area contributed by atoms with Crippen LogP contribution in [0.2, 0.25) is 25.1 Å². The highest BCUT2D eigenvalue weighted by Crippen LogP contribution is 2.47. The molecule has 0 bridgehead atoms. The second kappa shape index (κ2) is 7.16. The van der Waals surface area contributed by atoms with Crippen molar-refractivity contribution in [2.45, 2.75) is 0 Å². The Kier molecular flexibility index (Phi) is 5.65. The van der Waals surface area contributed by atoms with Crippen LogP contribution in [0.25, 0.3) is 0 Å². The number of phenols is 1. The number of benzene rings is 2. The average Bonchev–Trinajstić information content (AvgIpc) is 2.85. The Morgan fingerprint density at radius 2 is 1.04 bits per heavy atom. The van der Waals surface area contributed by atoms with Gasteiger partial charge in [-0.1, -0.05) is 70.1 Å². The molecule has 9 heteroatoms. The number of carbonyl (C=O) groups excluding carboxylic acids is 2. The fourth-order valence-electron chi connectivity index (χ4n) is 1.63. The summed E-state index contributed by atoms with van der Waals surface area (Å²) in [7, 11) is 0. The molecule has 23 heavy (non-hydrogen) atoms. The van der Waals surface area contributed by atoms with Crippen LogP contribution in [0, 0.1) is 0 Å². The zero-order chi connectivity index (χ0) is 17.3. The number of halogens is 5. The Balaban J connectivity index is 0.000000167. The highest BCUT2D eigenvalue weighted by atomic mass is 35.5. The topological polar surface area (TPSA) is 63.6 Å². The molecule has 4 nitrogen and oxygen atoms in total. The highest BCUT2D eigenvalue weighted by molar-refractivity contribution is 6.55. The predicted octanol–water partition coefficient (Wildman–Crippen LogP) is 5.66. The van der Waals surface area contributed by atoms with Crippen molar-refractivity contribution in [3.8, 4) is 5.75 Å². The van der Waals surface area contributed by atoms with E-state index >= 15 is 0 Å². The first-order valence-electron chi connectivity index (χ1n) is 5.81. The number of cyclic esters (lactones) is 2. The smallest absolute Gasteiger partial charge is 0.346 e. The maximum atomic E-state index is 10.8. The van der Waals surface area contributed by atoms with E-state index < -0.39 is 11.9 Å².